The molecule has 3 rings (SSSR count). The van der Waals surface area contributed by atoms with Crippen LogP contribution in [0, 0.1) is 5.92 Å². The van der Waals surface area contributed by atoms with E-state index in [0.717, 1.165) is 19.6 Å². The summed E-state index contributed by atoms with van der Waals surface area (Å²) >= 11 is 0. The number of amides is 2. The van der Waals surface area contributed by atoms with Gasteiger partial charge in [0.15, 0.2) is 0 Å². The topological polar surface area (TPSA) is 70.7 Å². The second-order valence-electron chi connectivity index (χ2n) is 4.47. The molecule has 0 aromatic heterocycles. The summed E-state index contributed by atoms with van der Waals surface area (Å²) in [6.07, 6.45) is 2.49. The second-order valence-corrected chi connectivity index (χ2v) is 4.47. The predicted molar refractivity (Wildman–Crippen MR) is 52.0 cm³/mol. The van der Waals surface area contributed by atoms with Crippen LogP contribution >= 0.6 is 0 Å². The number of nitrogens with zero attached hydrogens (tertiary/aromatic N) is 2. The molecular formula is C9H14N4O. The first kappa shape index (κ1) is 8.23. The highest BCUT2D eigenvalue weighted by atomic mass is 16.2. The van der Waals surface area contributed by atoms with Gasteiger partial charge in [0, 0.05) is 19.6 Å². The van der Waals surface area contributed by atoms with Crippen LogP contribution in [0.1, 0.15) is 12.8 Å². The fraction of sp³-hybridized carbons (Fsp3) is 0.778. The largest absolute Gasteiger partial charge is 0.385 e. The Morgan fingerprint density at radius 2 is 2.29 bits per heavy atom. The molecule has 5 heteroatoms. The molecule has 0 bridgehead atoms. The lowest BCUT2D eigenvalue weighted by molar-refractivity contribution is 0.130. The highest BCUT2D eigenvalue weighted by molar-refractivity contribution is 6.06. The molecule has 0 atom stereocenters. The summed E-state index contributed by atoms with van der Waals surface area (Å²) in [6.45, 7) is 2.37. The molecule has 0 unspecified atom stereocenters. The molecule has 76 valence electrons. The molecule has 1 spiro atoms. The number of nitrogens with two attached hydrogens (primary N) is 1. The first-order valence-corrected chi connectivity index (χ1v) is 5.09. The van der Waals surface area contributed by atoms with Crippen LogP contribution < -0.4 is 11.1 Å². The minimum Gasteiger partial charge on any atom is -0.385 e. The van der Waals surface area contributed by atoms with Crippen molar-refractivity contribution in [2.45, 2.75) is 18.4 Å². The Hall–Kier alpha value is -1.10. The van der Waals surface area contributed by atoms with Crippen molar-refractivity contribution in [3.63, 3.8) is 0 Å². The van der Waals surface area contributed by atoms with E-state index >= 15 is 0 Å². The number of amidine groups is 1. The van der Waals surface area contributed by atoms with Crippen LogP contribution in [0.5, 0.6) is 0 Å². The van der Waals surface area contributed by atoms with Crippen LogP contribution in [0.25, 0.3) is 0 Å². The number of urea groups is 1. The van der Waals surface area contributed by atoms with E-state index in [-0.39, 0.29) is 11.6 Å². The number of nitrogens with one attached hydrogen (secondary N) is 1. The summed E-state index contributed by atoms with van der Waals surface area (Å²) < 4.78 is 0. The van der Waals surface area contributed by atoms with Crippen molar-refractivity contribution in [1.29, 1.82) is 0 Å². The Balaban J connectivity index is 1.84. The Morgan fingerprint density at radius 1 is 1.57 bits per heavy atom. The molecule has 2 aliphatic heterocycles. The van der Waals surface area contributed by atoms with Crippen LogP contribution in [0.3, 0.4) is 0 Å². The third-order valence-electron chi connectivity index (χ3n) is 3.41. The van der Waals surface area contributed by atoms with Crippen LogP contribution in [0.15, 0.2) is 4.99 Å². The lowest BCUT2D eigenvalue weighted by atomic mass is 9.90. The molecule has 0 radical (unpaired) electrons. The molecule has 2 amide bonds. The summed E-state index contributed by atoms with van der Waals surface area (Å²) in [5.74, 6) is 1.19. The molecule has 0 aromatic rings. The minimum absolute atomic E-state index is 0.143. The lowest BCUT2D eigenvalue weighted by Crippen LogP contribution is -2.72. The van der Waals surface area contributed by atoms with Crippen molar-refractivity contribution in [2.75, 3.05) is 19.6 Å². The van der Waals surface area contributed by atoms with Crippen LogP contribution in [0.2, 0.25) is 0 Å². The van der Waals surface area contributed by atoms with Crippen LogP contribution in [0.4, 0.5) is 4.79 Å². The van der Waals surface area contributed by atoms with Gasteiger partial charge >= 0.3 is 6.03 Å². The molecule has 3 N–H and O–H groups in total. The zero-order valence-electron chi connectivity index (χ0n) is 7.99. The molecule has 2 heterocycles. The molecule has 3 aliphatic rings. The maximum atomic E-state index is 11.6. The number of aliphatic imine (C=N–C) groups is 1. The number of hydrogen-bond donors (Lipinski definition) is 2. The first-order valence-electron chi connectivity index (χ1n) is 5.09. The summed E-state index contributed by atoms with van der Waals surface area (Å²) in [5, 5.41) is 3.16. The molecule has 0 aromatic carbocycles. The van der Waals surface area contributed by atoms with E-state index in [4.69, 9.17) is 5.73 Å². The van der Waals surface area contributed by atoms with Crippen molar-refractivity contribution in [2.24, 2.45) is 16.6 Å². The SMILES string of the molecule is NC1=NC(=O)N(CC2CC2)C12CNC2. The summed E-state index contributed by atoms with van der Waals surface area (Å²) in [6, 6.07) is -0.143. The molecule has 14 heavy (non-hydrogen) atoms. The normalized spacial score (nSPS) is 29.3. The van der Waals surface area contributed by atoms with Crippen molar-refractivity contribution in [3.8, 4) is 0 Å². The van der Waals surface area contributed by atoms with Gasteiger partial charge in [0.2, 0.25) is 0 Å². The highest BCUT2D eigenvalue weighted by Crippen LogP contribution is 2.35. The molecule has 1 saturated carbocycles. The number of rotatable bonds is 2. The van der Waals surface area contributed by atoms with Gasteiger partial charge in [-0.2, -0.15) is 4.99 Å². The van der Waals surface area contributed by atoms with E-state index in [2.05, 4.69) is 10.3 Å². The minimum atomic E-state index is -0.264. The number of hydrogen-bond acceptors (Lipinski definition) is 3. The monoisotopic (exact) mass is 194 g/mol. The van der Waals surface area contributed by atoms with Crippen molar-refractivity contribution >= 4 is 11.9 Å². The van der Waals surface area contributed by atoms with Gasteiger partial charge in [-0.05, 0) is 18.8 Å². The van der Waals surface area contributed by atoms with E-state index in [1.54, 1.807) is 0 Å². The fourth-order valence-corrected chi connectivity index (χ4v) is 2.13. The van der Waals surface area contributed by atoms with E-state index in [9.17, 15) is 4.79 Å². The quantitative estimate of drug-likeness (QED) is 0.624. The van der Waals surface area contributed by atoms with Gasteiger partial charge in [-0.15, -0.1) is 0 Å². The van der Waals surface area contributed by atoms with Gasteiger partial charge in [-0.1, -0.05) is 0 Å². The van der Waals surface area contributed by atoms with Gasteiger partial charge in [0.05, 0.1) is 0 Å². The number of carbonyl (C=O) groups excluding carboxylic acids is 1. The van der Waals surface area contributed by atoms with Crippen molar-refractivity contribution < 1.29 is 4.79 Å². The van der Waals surface area contributed by atoms with Gasteiger partial charge in [0.25, 0.3) is 0 Å². The second kappa shape index (κ2) is 2.48. The standard InChI is InChI=1S/C9H14N4O/c10-7-9(4-11-5-9)13(8(14)12-7)3-6-1-2-6/h6,11H,1-5H2,(H2,10,12,14). The summed E-state index contributed by atoms with van der Waals surface area (Å²) in [7, 11) is 0. The summed E-state index contributed by atoms with van der Waals surface area (Å²) in [4.78, 5) is 17.3. The van der Waals surface area contributed by atoms with Crippen molar-refractivity contribution in [1.82, 2.24) is 10.2 Å². The molecule has 1 saturated heterocycles. The van der Waals surface area contributed by atoms with Crippen LogP contribution in [-0.2, 0) is 0 Å². The Labute approximate surface area is 82.3 Å². The highest BCUT2D eigenvalue weighted by Gasteiger charge is 2.53. The van der Waals surface area contributed by atoms with E-state index in [0.29, 0.717) is 11.8 Å². The third-order valence-corrected chi connectivity index (χ3v) is 3.41. The molecular weight excluding hydrogens is 180 g/mol. The third kappa shape index (κ3) is 0.930. The summed E-state index contributed by atoms with van der Waals surface area (Å²) in [5.41, 5.74) is 5.54. The average Bonchev–Trinajstić information content (AvgIpc) is 2.79. The Kier molecular flexibility index (Phi) is 1.45. The molecule has 5 nitrogen and oxygen atoms in total. The zero-order chi connectivity index (χ0) is 9.76. The van der Waals surface area contributed by atoms with Crippen molar-refractivity contribution in [3.05, 3.63) is 0 Å². The van der Waals surface area contributed by atoms with E-state index in [1.807, 2.05) is 4.90 Å². The Bertz CT molecular complexity index is 317. The van der Waals surface area contributed by atoms with E-state index < -0.39 is 0 Å². The predicted octanol–water partition coefficient (Wildman–Crippen LogP) is -0.469. The van der Waals surface area contributed by atoms with E-state index in [1.165, 1.54) is 12.8 Å². The van der Waals surface area contributed by atoms with Gasteiger partial charge in [-0.3, -0.25) is 0 Å². The first-order chi connectivity index (χ1) is 6.72. The van der Waals surface area contributed by atoms with Gasteiger partial charge in [-0.25, -0.2) is 4.79 Å². The van der Waals surface area contributed by atoms with Gasteiger partial charge < -0.3 is 16.0 Å². The maximum absolute atomic E-state index is 11.6. The zero-order valence-corrected chi connectivity index (χ0v) is 7.99. The molecule has 2 fully saturated rings. The maximum Gasteiger partial charge on any atom is 0.346 e. The number of carbonyl (C=O) groups is 1. The Morgan fingerprint density at radius 3 is 2.79 bits per heavy atom. The lowest BCUT2D eigenvalue weighted by Gasteiger charge is -2.45. The smallest absolute Gasteiger partial charge is 0.346 e. The van der Waals surface area contributed by atoms with Crippen LogP contribution in [-0.4, -0.2) is 41.9 Å². The average molecular weight is 194 g/mol. The van der Waals surface area contributed by atoms with Gasteiger partial charge in [0.1, 0.15) is 11.4 Å². The fourth-order valence-electron chi connectivity index (χ4n) is 2.13. The molecule has 1 aliphatic carbocycles.